The highest BCUT2D eigenvalue weighted by molar-refractivity contribution is 6.33. The Kier molecular flexibility index (Phi) is 5.79. The van der Waals surface area contributed by atoms with Crippen molar-refractivity contribution in [1.29, 1.82) is 0 Å². The van der Waals surface area contributed by atoms with E-state index < -0.39 is 0 Å². The van der Waals surface area contributed by atoms with Gasteiger partial charge >= 0.3 is 0 Å². The first-order valence-corrected chi connectivity index (χ1v) is 10.5. The Morgan fingerprint density at radius 1 is 1.03 bits per heavy atom. The van der Waals surface area contributed by atoms with E-state index in [9.17, 15) is 4.79 Å². The molecule has 2 heterocycles. The third kappa shape index (κ3) is 3.98. The molecular formula is C22H22Cl2N4O. The molecule has 4 rings (SSSR count). The second-order valence-corrected chi connectivity index (χ2v) is 7.82. The van der Waals surface area contributed by atoms with Crippen LogP contribution < -0.4 is 4.90 Å². The minimum absolute atomic E-state index is 0.0222. The van der Waals surface area contributed by atoms with Crippen LogP contribution in [-0.4, -0.2) is 46.8 Å². The average Bonchev–Trinajstić information content (AvgIpc) is 3.18. The van der Waals surface area contributed by atoms with Crippen molar-refractivity contribution in [1.82, 2.24) is 14.7 Å². The summed E-state index contributed by atoms with van der Waals surface area (Å²) in [4.78, 5) is 17.3. The number of carbonyl (C=O) groups excluding carboxylic acids is 1. The van der Waals surface area contributed by atoms with Gasteiger partial charge in [-0.15, -0.1) is 0 Å². The molecule has 1 amide bonds. The van der Waals surface area contributed by atoms with Gasteiger partial charge < -0.3 is 9.80 Å². The lowest BCUT2D eigenvalue weighted by atomic mass is 10.1. The molecule has 0 N–H and O–H groups in total. The van der Waals surface area contributed by atoms with Crippen molar-refractivity contribution in [2.75, 3.05) is 31.1 Å². The van der Waals surface area contributed by atoms with Crippen molar-refractivity contribution in [3.05, 3.63) is 76.0 Å². The summed E-state index contributed by atoms with van der Waals surface area (Å²) >= 11 is 12.4. The van der Waals surface area contributed by atoms with E-state index in [1.165, 1.54) is 0 Å². The summed E-state index contributed by atoms with van der Waals surface area (Å²) in [6, 6.07) is 15.3. The average molecular weight is 429 g/mol. The molecule has 2 aromatic carbocycles. The molecule has 1 aromatic heterocycles. The Balaban J connectivity index is 1.52. The second-order valence-electron chi connectivity index (χ2n) is 6.98. The summed E-state index contributed by atoms with van der Waals surface area (Å²) in [5, 5.41) is 5.85. The van der Waals surface area contributed by atoms with Crippen LogP contribution in [0.1, 0.15) is 23.0 Å². The summed E-state index contributed by atoms with van der Waals surface area (Å²) < 4.78 is 1.80. The molecule has 3 aromatic rings. The lowest BCUT2D eigenvalue weighted by molar-refractivity contribution is 0.0745. The molecular weight excluding hydrogens is 407 g/mol. The molecule has 0 bridgehead atoms. The van der Waals surface area contributed by atoms with Crippen LogP contribution in [0.4, 0.5) is 5.69 Å². The van der Waals surface area contributed by atoms with Crippen molar-refractivity contribution in [2.24, 2.45) is 0 Å². The molecule has 0 atom stereocenters. The highest BCUT2D eigenvalue weighted by Gasteiger charge is 2.26. The minimum atomic E-state index is 0.0222. The van der Waals surface area contributed by atoms with Crippen LogP contribution >= 0.6 is 23.2 Å². The van der Waals surface area contributed by atoms with Gasteiger partial charge in [-0.25, -0.2) is 4.68 Å². The lowest BCUT2D eigenvalue weighted by Crippen LogP contribution is -2.49. The molecule has 1 saturated heterocycles. The first-order valence-electron chi connectivity index (χ1n) is 9.70. The number of aromatic nitrogens is 2. The van der Waals surface area contributed by atoms with Crippen LogP contribution in [0.15, 0.2) is 54.7 Å². The van der Waals surface area contributed by atoms with Gasteiger partial charge in [0.15, 0.2) is 0 Å². The number of carbonyl (C=O) groups is 1. The molecule has 0 saturated carbocycles. The number of nitrogens with zero attached hydrogens (tertiary/aromatic N) is 4. The summed E-state index contributed by atoms with van der Waals surface area (Å²) in [5.41, 5.74) is 3.42. The zero-order chi connectivity index (χ0) is 20.4. The molecule has 1 fully saturated rings. The van der Waals surface area contributed by atoms with E-state index in [1.807, 2.05) is 60.4 Å². The molecule has 7 heteroatoms. The highest BCUT2D eigenvalue weighted by Crippen LogP contribution is 2.27. The van der Waals surface area contributed by atoms with Crippen molar-refractivity contribution in [3.63, 3.8) is 0 Å². The zero-order valence-electron chi connectivity index (χ0n) is 16.2. The van der Waals surface area contributed by atoms with Crippen molar-refractivity contribution < 1.29 is 4.79 Å². The van der Waals surface area contributed by atoms with Gasteiger partial charge in [-0.2, -0.15) is 5.10 Å². The maximum atomic E-state index is 13.2. The van der Waals surface area contributed by atoms with E-state index >= 15 is 0 Å². The Morgan fingerprint density at radius 2 is 1.79 bits per heavy atom. The van der Waals surface area contributed by atoms with E-state index in [0.29, 0.717) is 30.1 Å². The van der Waals surface area contributed by atoms with Crippen LogP contribution in [0.5, 0.6) is 0 Å². The fourth-order valence-electron chi connectivity index (χ4n) is 3.75. The van der Waals surface area contributed by atoms with Gasteiger partial charge in [0.25, 0.3) is 5.91 Å². The van der Waals surface area contributed by atoms with Crippen molar-refractivity contribution >= 4 is 34.8 Å². The number of hydrogen-bond acceptors (Lipinski definition) is 3. The van der Waals surface area contributed by atoms with Gasteiger partial charge in [0.2, 0.25) is 0 Å². The standard InChI is InChI=1S/C22H22Cl2N4O/c1-2-20-18(15-25-28(20)17-7-5-6-16(23)14-17)22(29)27-12-10-26(11-13-27)21-9-4-3-8-19(21)24/h3-9,14-15H,2,10-13H2,1H3. The minimum Gasteiger partial charge on any atom is -0.367 e. The number of amides is 1. The van der Waals surface area contributed by atoms with Gasteiger partial charge in [0, 0.05) is 31.2 Å². The highest BCUT2D eigenvalue weighted by atomic mass is 35.5. The van der Waals surface area contributed by atoms with Crippen LogP contribution in [0.3, 0.4) is 0 Å². The van der Waals surface area contributed by atoms with Crippen LogP contribution in [-0.2, 0) is 6.42 Å². The third-order valence-corrected chi connectivity index (χ3v) is 5.80. The Morgan fingerprint density at radius 3 is 2.48 bits per heavy atom. The van der Waals surface area contributed by atoms with Gasteiger partial charge in [0.1, 0.15) is 0 Å². The van der Waals surface area contributed by atoms with E-state index in [-0.39, 0.29) is 5.91 Å². The third-order valence-electron chi connectivity index (χ3n) is 5.25. The van der Waals surface area contributed by atoms with E-state index in [2.05, 4.69) is 10.00 Å². The smallest absolute Gasteiger partial charge is 0.257 e. The normalized spacial score (nSPS) is 14.3. The van der Waals surface area contributed by atoms with Crippen molar-refractivity contribution in [3.8, 4) is 5.69 Å². The fraction of sp³-hybridized carbons (Fsp3) is 0.273. The first-order chi connectivity index (χ1) is 14.1. The predicted molar refractivity (Wildman–Crippen MR) is 118 cm³/mol. The topological polar surface area (TPSA) is 41.4 Å². The Hall–Kier alpha value is -2.50. The number of benzene rings is 2. The summed E-state index contributed by atoms with van der Waals surface area (Å²) in [6.45, 7) is 4.83. The van der Waals surface area contributed by atoms with Gasteiger partial charge in [-0.1, -0.05) is 48.3 Å². The summed E-state index contributed by atoms with van der Waals surface area (Å²) in [5.74, 6) is 0.0222. The molecule has 0 radical (unpaired) electrons. The number of rotatable bonds is 4. The molecule has 5 nitrogen and oxygen atoms in total. The monoisotopic (exact) mass is 428 g/mol. The maximum absolute atomic E-state index is 13.2. The zero-order valence-corrected chi connectivity index (χ0v) is 17.7. The van der Waals surface area contributed by atoms with Gasteiger partial charge in [-0.3, -0.25) is 4.79 Å². The Labute approximate surface area is 180 Å². The number of piperazine rings is 1. The summed E-state index contributed by atoms with van der Waals surface area (Å²) in [6.07, 6.45) is 2.37. The summed E-state index contributed by atoms with van der Waals surface area (Å²) in [7, 11) is 0. The number of hydrogen-bond donors (Lipinski definition) is 0. The van der Waals surface area contributed by atoms with Crippen LogP contribution in [0.2, 0.25) is 10.0 Å². The first kappa shape index (κ1) is 19.8. The Bertz CT molecular complexity index is 1030. The van der Waals surface area contributed by atoms with E-state index in [1.54, 1.807) is 10.9 Å². The SMILES string of the molecule is CCc1c(C(=O)N2CCN(c3ccccc3Cl)CC2)cnn1-c1cccc(Cl)c1. The van der Waals surface area contributed by atoms with E-state index in [0.717, 1.165) is 35.2 Å². The number of halogens is 2. The molecule has 0 aliphatic carbocycles. The van der Waals surface area contributed by atoms with E-state index in [4.69, 9.17) is 23.2 Å². The molecule has 0 spiro atoms. The number of anilines is 1. The molecule has 150 valence electrons. The lowest BCUT2D eigenvalue weighted by Gasteiger charge is -2.36. The van der Waals surface area contributed by atoms with Crippen LogP contribution in [0, 0.1) is 0 Å². The van der Waals surface area contributed by atoms with Gasteiger partial charge in [0.05, 0.1) is 33.9 Å². The molecule has 1 aliphatic rings. The number of para-hydroxylation sites is 1. The molecule has 1 aliphatic heterocycles. The molecule has 0 unspecified atom stereocenters. The quantitative estimate of drug-likeness (QED) is 0.604. The maximum Gasteiger partial charge on any atom is 0.257 e. The van der Waals surface area contributed by atoms with Crippen molar-refractivity contribution in [2.45, 2.75) is 13.3 Å². The largest absolute Gasteiger partial charge is 0.367 e. The molecule has 29 heavy (non-hydrogen) atoms. The second kappa shape index (κ2) is 8.47. The van der Waals surface area contributed by atoms with Crippen LogP contribution in [0.25, 0.3) is 5.69 Å². The fourth-order valence-corrected chi connectivity index (χ4v) is 4.19. The predicted octanol–water partition coefficient (Wildman–Crippen LogP) is 4.70. The van der Waals surface area contributed by atoms with Gasteiger partial charge in [-0.05, 0) is 36.8 Å².